The third-order valence-electron chi connectivity index (χ3n) is 6.19. The Balaban J connectivity index is 1.72. The molecule has 1 aromatic heterocycles. The van der Waals surface area contributed by atoms with E-state index in [2.05, 4.69) is 63.3 Å². The topological polar surface area (TPSA) is 51.5 Å². The van der Waals surface area contributed by atoms with E-state index in [9.17, 15) is 4.79 Å². The van der Waals surface area contributed by atoms with Gasteiger partial charge in [0, 0.05) is 18.2 Å². The number of fused-ring (bicyclic) bond motifs is 2. The number of benzene rings is 2. The van der Waals surface area contributed by atoms with Crippen molar-refractivity contribution >= 4 is 16.9 Å². The fourth-order valence-electron chi connectivity index (χ4n) is 4.27. The predicted octanol–water partition coefficient (Wildman–Crippen LogP) is 6.56. The molecule has 4 nitrogen and oxygen atoms in total. The second kappa shape index (κ2) is 6.94. The van der Waals surface area contributed by atoms with Crippen LogP contribution >= 0.6 is 0 Å². The van der Waals surface area contributed by atoms with Gasteiger partial charge in [-0.2, -0.15) is 0 Å². The summed E-state index contributed by atoms with van der Waals surface area (Å²) in [6, 6.07) is 14.6. The molecule has 4 rings (SSSR count). The average Bonchev–Trinajstić information content (AvgIpc) is 3.13. The standard InChI is InChI=1S/C25H29NO3/c1-6-26-23(27)29-22-10-9-21(28-22)17-8-7-16-14-19-20(15-18(16)13-17)25(4,5)12-11-24(19,2)3/h7-10,13-15H,6,11-12H2,1-5H3,(H,26,27). The molecule has 152 valence electrons. The van der Waals surface area contributed by atoms with Gasteiger partial charge in [0.05, 0.1) is 0 Å². The molecule has 0 spiro atoms. The molecule has 0 fully saturated rings. The van der Waals surface area contributed by atoms with Gasteiger partial charge in [-0.05, 0) is 64.6 Å². The third kappa shape index (κ3) is 3.64. The minimum absolute atomic E-state index is 0.174. The van der Waals surface area contributed by atoms with Gasteiger partial charge < -0.3 is 14.5 Å². The lowest BCUT2D eigenvalue weighted by Crippen LogP contribution is -2.33. The van der Waals surface area contributed by atoms with E-state index in [1.165, 1.54) is 34.7 Å². The molecular formula is C25H29NO3. The molecule has 29 heavy (non-hydrogen) atoms. The molecule has 3 aromatic rings. The molecule has 2 aromatic carbocycles. The molecule has 0 aliphatic heterocycles. The molecule has 0 bridgehead atoms. The minimum atomic E-state index is -0.511. The van der Waals surface area contributed by atoms with E-state index in [0.29, 0.717) is 12.3 Å². The first-order valence-corrected chi connectivity index (χ1v) is 10.3. The van der Waals surface area contributed by atoms with Crippen molar-refractivity contribution in [2.24, 2.45) is 0 Å². The molecule has 0 unspecified atom stereocenters. The first kappa shape index (κ1) is 19.6. The monoisotopic (exact) mass is 391 g/mol. The highest BCUT2D eigenvalue weighted by Gasteiger charge is 2.37. The van der Waals surface area contributed by atoms with Crippen LogP contribution in [0.2, 0.25) is 0 Å². The number of amides is 1. The van der Waals surface area contributed by atoms with E-state index >= 15 is 0 Å². The zero-order chi connectivity index (χ0) is 20.8. The van der Waals surface area contributed by atoms with E-state index in [1.54, 1.807) is 6.07 Å². The van der Waals surface area contributed by atoms with Crippen molar-refractivity contribution in [1.82, 2.24) is 5.32 Å². The maximum atomic E-state index is 11.6. The number of rotatable bonds is 3. The molecule has 1 N–H and O–H groups in total. The summed E-state index contributed by atoms with van der Waals surface area (Å²) in [5, 5.41) is 5.03. The molecule has 1 amide bonds. The van der Waals surface area contributed by atoms with E-state index in [1.807, 2.05) is 13.0 Å². The Labute approximate surface area is 172 Å². The Morgan fingerprint density at radius 2 is 1.62 bits per heavy atom. The van der Waals surface area contributed by atoms with Crippen LogP contribution in [0.4, 0.5) is 4.79 Å². The van der Waals surface area contributed by atoms with Crippen LogP contribution in [0.3, 0.4) is 0 Å². The quantitative estimate of drug-likeness (QED) is 0.550. The normalized spacial score (nSPS) is 17.0. The van der Waals surface area contributed by atoms with Crippen LogP contribution in [0.25, 0.3) is 22.1 Å². The Morgan fingerprint density at radius 1 is 0.966 bits per heavy atom. The van der Waals surface area contributed by atoms with Crippen LogP contribution < -0.4 is 10.1 Å². The number of nitrogens with one attached hydrogen (secondary N) is 1. The second-order valence-electron chi connectivity index (χ2n) is 9.27. The fraction of sp³-hybridized carbons (Fsp3) is 0.400. The van der Waals surface area contributed by atoms with Crippen LogP contribution in [0.1, 0.15) is 58.6 Å². The maximum Gasteiger partial charge on any atom is 0.415 e. The summed E-state index contributed by atoms with van der Waals surface area (Å²) in [4.78, 5) is 11.6. The third-order valence-corrected chi connectivity index (χ3v) is 6.19. The van der Waals surface area contributed by atoms with Gasteiger partial charge in [-0.25, -0.2) is 4.79 Å². The minimum Gasteiger partial charge on any atom is -0.425 e. The van der Waals surface area contributed by atoms with Crippen LogP contribution in [0.15, 0.2) is 46.9 Å². The Hall–Kier alpha value is -2.75. The van der Waals surface area contributed by atoms with Crippen molar-refractivity contribution in [3.8, 4) is 17.3 Å². The van der Waals surface area contributed by atoms with Gasteiger partial charge in [-0.15, -0.1) is 0 Å². The predicted molar refractivity (Wildman–Crippen MR) is 117 cm³/mol. The summed E-state index contributed by atoms with van der Waals surface area (Å²) >= 11 is 0. The zero-order valence-electron chi connectivity index (χ0n) is 17.9. The molecule has 4 heteroatoms. The van der Waals surface area contributed by atoms with Gasteiger partial charge in [0.1, 0.15) is 5.76 Å². The molecule has 1 aliphatic carbocycles. The summed E-state index contributed by atoms with van der Waals surface area (Å²) in [7, 11) is 0. The highest BCUT2D eigenvalue weighted by atomic mass is 16.6. The Kier molecular flexibility index (Phi) is 4.68. The Morgan fingerprint density at radius 3 is 2.28 bits per heavy atom. The molecule has 0 atom stereocenters. The Bertz CT molecular complexity index is 1070. The lowest BCUT2D eigenvalue weighted by molar-refractivity contribution is 0.188. The second-order valence-corrected chi connectivity index (χ2v) is 9.27. The van der Waals surface area contributed by atoms with Crippen molar-refractivity contribution in [2.45, 2.75) is 58.3 Å². The summed E-state index contributed by atoms with van der Waals surface area (Å²) < 4.78 is 10.9. The van der Waals surface area contributed by atoms with Gasteiger partial charge in [0.2, 0.25) is 0 Å². The van der Waals surface area contributed by atoms with Crippen molar-refractivity contribution < 1.29 is 13.9 Å². The zero-order valence-corrected chi connectivity index (χ0v) is 17.9. The number of hydrogen-bond acceptors (Lipinski definition) is 3. The van der Waals surface area contributed by atoms with Crippen LogP contribution in [-0.4, -0.2) is 12.6 Å². The molecule has 0 saturated carbocycles. The fourth-order valence-corrected chi connectivity index (χ4v) is 4.27. The number of furan rings is 1. The number of carbonyl (C=O) groups excluding carboxylic acids is 1. The highest BCUT2D eigenvalue weighted by molar-refractivity contribution is 5.88. The molecule has 0 radical (unpaired) electrons. The van der Waals surface area contributed by atoms with Crippen LogP contribution in [-0.2, 0) is 10.8 Å². The molecule has 1 aliphatic rings. The smallest absolute Gasteiger partial charge is 0.415 e. The van der Waals surface area contributed by atoms with Crippen LogP contribution in [0.5, 0.6) is 5.95 Å². The van der Waals surface area contributed by atoms with Gasteiger partial charge in [0.25, 0.3) is 5.95 Å². The molecule has 1 heterocycles. The van der Waals surface area contributed by atoms with Crippen molar-refractivity contribution in [2.75, 3.05) is 6.54 Å². The number of carbonyl (C=O) groups is 1. The van der Waals surface area contributed by atoms with Crippen LogP contribution in [0, 0.1) is 0 Å². The maximum absolute atomic E-state index is 11.6. The van der Waals surface area contributed by atoms with E-state index < -0.39 is 6.09 Å². The first-order chi connectivity index (χ1) is 13.7. The van der Waals surface area contributed by atoms with Gasteiger partial charge in [0.15, 0.2) is 0 Å². The van der Waals surface area contributed by atoms with Gasteiger partial charge in [-0.3, -0.25) is 0 Å². The lowest BCUT2D eigenvalue weighted by Gasteiger charge is -2.42. The summed E-state index contributed by atoms with van der Waals surface area (Å²) in [5.41, 5.74) is 4.25. The van der Waals surface area contributed by atoms with E-state index in [-0.39, 0.29) is 16.8 Å². The number of ether oxygens (including phenoxy) is 1. The van der Waals surface area contributed by atoms with Crippen molar-refractivity contribution in [1.29, 1.82) is 0 Å². The van der Waals surface area contributed by atoms with Gasteiger partial charge in [-0.1, -0.05) is 52.0 Å². The SMILES string of the molecule is CCNC(=O)Oc1ccc(-c2ccc3cc4c(cc3c2)C(C)(C)CCC4(C)C)o1. The summed E-state index contributed by atoms with van der Waals surface area (Å²) in [6.45, 7) is 11.7. The van der Waals surface area contributed by atoms with Crippen molar-refractivity contribution in [3.63, 3.8) is 0 Å². The summed E-state index contributed by atoms with van der Waals surface area (Å²) in [6.07, 6.45) is 1.89. The lowest BCUT2D eigenvalue weighted by atomic mass is 9.63. The van der Waals surface area contributed by atoms with Gasteiger partial charge >= 0.3 is 6.09 Å². The first-order valence-electron chi connectivity index (χ1n) is 10.3. The van der Waals surface area contributed by atoms with Crippen molar-refractivity contribution in [3.05, 3.63) is 53.6 Å². The van der Waals surface area contributed by atoms with E-state index in [0.717, 1.165) is 5.56 Å². The largest absolute Gasteiger partial charge is 0.425 e. The molecular weight excluding hydrogens is 362 g/mol. The highest BCUT2D eigenvalue weighted by Crippen LogP contribution is 2.47. The molecule has 0 saturated heterocycles. The van der Waals surface area contributed by atoms with E-state index in [4.69, 9.17) is 9.15 Å². The number of hydrogen-bond donors (Lipinski definition) is 1. The summed E-state index contributed by atoms with van der Waals surface area (Å²) in [5.74, 6) is 0.878. The average molecular weight is 392 g/mol.